The molecule has 0 bridgehead atoms. The van der Waals surface area contributed by atoms with Crippen LogP contribution in [0.2, 0.25) is 0 Å². The molecule has 0 aliphatic heterocycles. The highest BCUT2D eigenvalue weighted by atomic mass is 16.4. The molecular weight excluding hydrogens is 410 g/mol. The Labute approximate surface area is 183 Å². The van der Waals surface area contributed by atoms with E-state index in [1.54, 1.807) is 36.7 Å². The number of nitrogens with zero attached hydrogens (tertiary/aromatic N) is 5. The summed E-state index contributed by atoms with van der Waals surface area (Å²) in [6, 6.07) is 12.0. The molecule has 3 aromatic heterocycles. The number of anilines is 1. The van der Waals surface area contributed by atoms with Gasteiger partial charge in [0.05, 0.1) is 35.9 Å². The number of nitrogens with one attached hydrogen (secondary N) is 2. The first-order valence-electron chi connectivity index (χ1n) is 9.66. The van der Waals surface area contributed by atoms with Crippen molar-refractivity contribution >= 4 is 17.6 Å². The lowest BCUT2D eigenvalue weighted by Crippen LogP contribution is -2.23. The fraction of sp³-hybridized carbons (Fsp3) is 0.0909. The maximum absolute atomic E-state index is 12.6. The topological polar surface area (TPSA) is 135 Å². The first-order valence-corrected chi connectivity index (χ1v) is 9.66. The van der Waals surface area contributed by atoms with Gasteiger partial charge in [-0.1, -0.05) is 17.3 Å². The Morgan fingerprint density at radius 2 is 2.00 bits per heavy atom. The predicted octanol–water partition coefficient (Wildman–Crippen LogP) is 2.39. The van der Waals surface area contributed by atoms with Crippen LogP contribution in [0.5, 0.6) is 0 Å². The third kappa shape index (κ3) is 4.43. The van der Waals surface area contributed by atoms with E-state index in [2.05, 4.69) is 30.9 Å². The van der Waals surface area contributed by atoms with Crippen LogP contribution < -0.4 is 10.6 Å². The zero-order valence-electron chi connectivity index (χ0n) is 17.1. The third-order valence-corrected chi connectivity index (χ3v) is 4.73. The number of carboxylic acids is 1. The normalized spacial score (nSPS) is 10.5. The van der Waals surface area contributed by atoms with Gasteiger partial charge >= 0.3 is 5.97 Å². The average molecular weight is 429 g/mol. The molecule has 0 spiro atoms. The van der Waals surface area contributed by atoms with Crippen molar-refractivity contribution in [3.8, 4) is 16.9 Å². The molecule has 0 aliphatic rings. The van der Waals surface area contributed by atoms with Crippen LogP contribution in [0, 0.1) is 0 Å². The van der Waals surface area contributed by atoms with Gasteiger partial charge in [0.15, 0.2) is 0 Å². The lowest BCUT2D eigenvalue weighted by atomic mass is 10.1. The summed E-state index contributed by atoms with van der Waals surface area (Å²) in [5, 5.41) is 23.4. The fourth-order valence-corrected chi connectivity index (χ4v) is 3.09. The summed E-state index contributed by atoms with van der Waals surface area (Å²) in [5.74, 6) is -1.34. The van der Waals surface area contributed by atoms with Gasteiger partial charge in [-0.3, -0.25) is 14.8 Å². The van der Waals surface area contributed by atoms with Gasteiger partial charge < -0.3 is 15.7 Å². The maximum atomic E-state index is 12.6. The monoisotopic (exact) mass is 429 g/mol. The Balaban J connectivity index is 1.52. The second-order valence-corrected chi connectivity index (χ2v) is 6.80. The second kappa shape index (κ2) is 9.04. The van der Waals surface area contributed by atoms with E-state index in [9.17, 15) is 14.7 Å². The van der Waals surface area contributed by atoms with Crippen LogP contribution in [0.15, 0.2) is 67.3 Å². The highest BCUT2D eigenvalue weighted by Gasteiger charge is 2.15. The van der Waals surface area contributed by atoms with Crippen molar-refractivity contribution in [2.24, 2.45) is 0 Å². The molecule has 32 heavy (non-hydrogen) atoms. The standard InChI is InChI=1S/C22H19N7O3/c1-23-16-5-8-25-17(10-16)11-26-21(30)15-4-2-3-14(9-15)19-13-29(28-27-19)20-12-24-7-6-18(20)22(31)32/h2-10,12-13H,11H2,1H3,(H,23,25)(H,26,30)(H,31,32). The first-order chi connectivity index (χ1) is 15.5. The molecule has 3 N–H and O–H groups in total. The lowest BCUT2D eigenvalue weighted by molar-refractivity contribution is 0.0696. The highest BCUT2D eigenvalue weighted by molar-refractivity contribution is 5.95. The lowest BCUT2D eigenvalue weighted by Gasteiger charge is -2.07. The van der Waals surface area contributed by atoms with Gasteiger partial charge in [-0.05, 0) is 30.3 Å². The number of aromatic nitrogens is 5. The summed E-state index contributed by atoms with van der Waals surface area (Å²) in [5.41, 5.74) is 3.60. The van der Waals surface area contributed by atoms with Crippen LogP contribution in [-0.2, 0) is 6.54 Å². The summed E-state index contributed by atoms with van der Waals surface area (Å²) in [4.78, 5) is 32.3. The molecule has 3 heterocycles. The third-order valence-electron chi connectivity index (χ3n) is 4.73. The Morgan fingerprint density at radius 3 is 2.81 bits per heavy atom. The Hall–Kier alpha value is -4.60. The number of aromatic carboxylic acids is 1. The molecule has 4 aromatic rings. The molecule has 0 saturated heterocycles. The molecular formula is C22H19N7O3. The summed E-state index contributed by atoms with van der Waals surface area (Å²) in [7, 11) is 1.82. The summed E-state index contributed by atoms with van der Waals surface area (Å²) >= 11 is 0. The molecule has 0 aliphatic carbocycles. The van der Waals surface area contributed by atoms with E-state index in [0.29, 0.717) is 22.5 Å². The maximum Gasteiger partial charge on any atom is 0.338 e. The Bertz CT molecular complexity index is 1290. The van der Waals surface area contributed by atoms with Crippen molar-refractivity contribution in [2.75, 3.05) is 12.4 Å². The van der Waals surface area contributed by atoms with E-state index in [1.807, 2.05) is 19.2 Å². The molecule has 0 atom stereocenters. The molecule has 4 rings (SSSR count). The van der Waals surface area contributed by atoms with Crippen LogP contribution in [0.3, 0.4) is 0 Å². The van der Waals surface area contributed by atoms with E-state index in [0.717, 1.165) is 11.4 Å². The number of carbonyl (C=O) groups is 2. The number of carboxylic acid groups (broad SMARTS) is 1. The zero-order valence-corrected chi connectivity index (χ0v) is 17.1. The number of hydrogen-bond acceptors (Lipinski definition) is 7. The van der Waals surface area contributed by atoms with Crippen molar-refractivity contribution in [1.82, 2.24) is 30.3 Å². The van der Waals surface area contributed by atoms with Gasteiger partial charge in [0.25, 0.3) is 5.91 Å². The minimum atomic E-state index is -1.09. The number of benzene rings is 1. The van der Waals surface area contributed by atoms with Crippen LogP contribution in [0.1, 0.15) is 26.4 Å². The molecule has 10 nitrogen and oxygen atoms in total. The number of amides is 1. The summed E-state index contributed by atoms with van der Waals surface area (Å²) < 4.78 is 1.35. The fourth-order valence-electron chi connectivity index (χ4n) is 3.09. The van der Waals surface area contributed by atoms with E-state index < -0.39 is 5.97 Å². The average Bonchev–Trinajstić information content (AvgIpc) is 3.33. The second-order valence-electron chi connectivity index (χ2n) is 6.80. The van der Waals surface area contributed by atoms with Gasteiger partial charge in [0.2, 0.25) is 0 Å². The zero-order chi connectivity index (χ0) is 22.5. The predicted molar refractivity (Wildman–Crippen MR) is 117 cm³/mol. The van der Waals surface area contributed by atoms with Gasteiger partial charge in [0.1, 0.15) is 5.69 Å². The van der Waals surface area contributed by atoms with E-state index in [4.69, 9.17) is 0 Å². The Morgan fingerprint density at radius 1 is 1.12 bits per heavy atom. The van der Waals surface area contributed by atoms with Crippen molar-refractivity contribution in [3.63, 3.8) is 0 Å². The largest absolute Gasteiger partial charge is 0.478 e. The number of carbonyl (C=O) groups excluding carboxylic acids is 1. The van der Waals surface area contributed by atoms with Crippen LogP contribution >= 0.6 is 0 Å². The molecule has 1 aromatic carbocycles. The van der Waals surface area contributed by atoms with Crippen molar-refractivity contribution in [1.29, 1.82) is 0 Å². The van der Waals surface area contributed by atoms with Crippen LogP contribution in [0.25, 0.3) is 16.9 Å². The minimum Gasteiger partial charge on any atom is -0.478 e. The number of pyridine rings is 2. The molecule has 1 amide bonds. The molecule has 0 saturated carbocycles. The van der Waals surface area contributed by atoms with Gasteiger partial charge in [-0.2, -0.15) is 0 Å². The van der Waals surface area contributed by atoms with E-state index in [-0.39, 0.29) is 18.0 Å². The van der Waals surface area contributed by atoms with Gasteiger partial charge in [0, 0.05) is 36.3 Å². The molecule has 10 heteroatoms. The number of rotatable bonds is 7. The van der Waals surface area contributed by atoms with Gasteiger partial charge in [-0.25, -0.2) is 9.48 Å². The minimum absolute atomic E-state index is 0.0560. The molecule has 0 fully saturated rings. The van der Waals surface area contributed by atoms with E-state index in [1.165, 1.54) is 23.1 Å². The van der Waals surface area contributed by atoms with Gasteiger partial charge in [-0.15, -0.1) is 5.10 Å². The summed E-state index contributed by atoms with van der Waals surface area (Å²) in [6.45, 7) is 0.285. The molecule has 0 unspecified atom stereocenters. The molecule has 0 radical (unpaired) electrons. The smallest absolute Gasteiger partial charge is 0.338 e. The molecule has 160 valence electrons. The van der Waals surface area contributed by atoms with Crippen LogP contribution in [0.4, 0.5) is 5.69 Å². The number of hydrogen-bond donors (Lipinski definition) is 3. The summed E-state index contributed by atoms with van der Waals surface area (Å²) in [6.07, 6.45) is 6.07. The Kier molecular flexibility index (Phi) is 5.84. The first kappa shape index (κ1) is 20.7. The van der Waals surface area contributed by atoms with Crippen molar-refractivity contribution in [3.05, 3.63) is 84.1 Å². The quantitative estimate of drug-likeness (QED) is 0.408. The van der Waals surface area contributed by atoms with Crippen molar-refractivity contribution in [2.45, 2.75) is 6.54 Å². The van der Waals surface area contributed by atoms with Crippen molar-refractivity contribution < 1.29 is 14.7 Å². The highest BCUT2D eigenvalue weighted by Crippen LogP contribution is 2.20. The van der Waals surface area contributed by atoms with Crippen LogP contribution in [-0.4, -0.2) is 49.0 Å². The SMILES string of the molecule is CNc1ccnc(CNC(=O)c2cccc(-c3cn(-c4cnccc4C(=O)O)nn3)c2)c1. The van der Waals surface area contributed by atoms with E-state index >= 15 is 0 Å².